The van der Waals surface area contributed by atoms with Crippen molar-refractivity contribution in [3.05, 3.63) is 29.8 Å². The molecule has 2 fully saturated rings. The van der Waals surface area contributed by atoms with Crippen molar-refractivity contribution in [3.8, 4) is 5.75 Å². The Hall–Kier alpha value is -1.59. The van der Waals surface area contributed by atoms with Crippen LogP contribution < -0.4 is 10.1 Å². The topological polar surface area (TPSA) is 50.8 Å². The van der Waals surface area contributed by atoms with Crippen LogP contribution in [0.5, 0.6) is 5.75 Å². The van der Waals surface area contributed by atoms with Crippen molar-refractivity contribution in [1.29, 1.82) is 0 Å². The number of nitrogens with one attached hydrogen (secondary N) is 1. The van der Waals surface area contributed by atoms with Crippen LogP contribution in [0.15, 0.2) is 24.3 Å². The Labute approximate surface area is 137 Å². The first-order chi connectivity index (χ1) is 11.3. The minimum absolute atomic E-state index is 0.173. The lowest BCUT2D eigenvalue weighted by atomic mass is 9.89. The van der Waals surface area contributed by atoms with Gasteiger partial charge in [-0.15, -0.1) is 0 Å². The number of ether oxygens (including phenoxy) is 2. The highest BCUT2D eigenvalue weighted by Crippen LogP contribution is 2.30. The quantitative estimate of drug-likeness (QED) is 0.919. The number of carbonyl (C=O) groups excluding carboxylic acids is 1. The highest BCUT2D eigenvalue weighted by Gasteiger charge is 2.26. The molecule has 1 unspecified atom stereocenters. The van der Waals surface area contributed by atoms with Gasteiger partial charge in [0.1, 0.15) is 5.75 Å². The standard InChI is InChI=1S/C18H26N2O3/c1-22-17-4-2-3-15(11-17)14-5-8-20(9-6-14)18(21)12-16-13-23-10-7-19-16/h2-4,11,14,16,19H,5-10,12-13H2,1H3. The maximum absolute atomic E-state index is 12.4. The molecule has 0 aliphatic carbocycles. The van der Waals surface area contributed by atoms with Crippen LogP contribution in [-0.2, 0) is 9.53 Å². The Balaban J connectivity index is 1.50. The molecule has 1 N–H and O–H groups in total. The third-order valence-electron chi connectivity index (χ3n) is 4.83. The average Bonchev–Trinajstić information content (AvgIpc) is 2.63. The first-order valence-corrected chi connectivity index (χ1v) is 8.49. The van der Waals surface area contributed by atoms with E-state index in [0.717, 1.165) is 44.8 Å². The van der Waals surface area contributed by atoms with E-state index < -0.39 is 0 Å². The molecular formula is C18H26N2O3. The van der Waals surface area contributed by atoms with E-state index in [9.17, 15) is 4.79 Å². The lowest BCUT2D eigenvalue weighted by Gasteiger charge is -2.34. The summed E-state index contributed by atoms with van der Waals surface area (Å²) in [4.78, 5) is 14.4. The fourth-order valence-electron chi connectivity index (χ4n) is 3.45. The van der Waals surface area contributed by atoms with E-state index in [1.54, 1.807) is 7.11 Å². The molecule has 0 saturated carbocycles. The first-order valence-electron chi connectivity index (χ1n) is 8.49. The van der Waals surface area contributed by atoms with Crippen molar-refractivity contribution in [1.82, 2.24) is 10.2 Å². The van der Waals surface area contributed by atoms with E-state index in [1.807, 2.05) is 17.0 Å². The molecule has 2 heterocycles. The Kier molecular flexibility index (Phi) is 5.51. The zero-order chi connectivity index (χ0) is 16.1. The van der Waals surface area contributed by atoms with E-state index in [2.05, 4.69) is 17.4 Å². The summed E-state index contributed by atoms with van der Waals surface area (Å²) in [6.07, 6.45) is 2.59. The molecule has 0 radical (unpaired) electrons. The normalized spacial score (nSPS) is 22.8. The molecule has 3 rings (SSSR count). The zero-order valence-corrected chi connectivity index (χ0v) is 13.8. The molecule has 1 atom stereocenters. The fourth-order valence-corrected chi connectivity index (χ4v) is 3.45. The second-order valence-electron chi connectivity index (χ2n) is 6.36. The fraction of sp³-hybridized carbons (Fsp3) is 0.611. The van der Waals surface area contributed by atoms with Gasteiger partial charge in [0.2, 0.25) is 5.91 Å². The van der Waals surface area contributed by atoms with Crippen molar-refractivity contribution in [2.75, 3.05) is 40.0 Å². The van der Waals surface area contributed by atoms with Gasteiger partial charge in [-0.1, -0.05) is 12.1 Å². The Bertz CT molecular complexity index is 521. The van der Waals surface area contributed by atoms with Crippen LogP contribution in [0.3, 0.4) is 0 Å². The van der Waals surface area contributed by atoms with Gasteiger partial charge in [-0.2, -0.15) is 0 Å². The number of morpholine rings is 1. The predicted octanol–water partition coefficient (Wildman–Crippen LogP) is 1.78. The second kappa shape index (κ2) is 7.79. The molecule has 126 valence electrons. The summed E-state index contributed by atoms with van der Waals surface area (Å²) in [5.74, 6) is 1.67. The monoisotopic (exact) mass is 318 g/mol. The van der Waals surface area contributed by atoms with Gasteiger partial charge in [0.25, 0.3) is 0 Å². The molecular weight excluding hydrogens is 292 g/mol. The van der Waals surface area contributed by atoms with Gasteiger partial charge < -0.3 is 19.7 Å². The molecule has 5 heteroatoms. The van der Waals surface area contributed by atoms with Crippen molar-refractivity contribution in [2.24, 2.45) is 0 Å². The lowest BCUT2D eigenvalue weighted by molar-refractivity contribution is -0.133. The molecule has 5 nitrogen and oxygen atoms in total. The van der Waals surface area contributed by atoms with Crippen molar-refractivity contribution < 1.29 is 14.3 Å². The summed E-state index contributed by atoms with van der Waals surface area (Å²) >= 11 is 0. The number of piperidine rings is 1. The van der Waals surface area contributed by atoms with E-state index in [0.29, 0.717) is 18.9 Å². The summed E-state index contributed by atoms with van der Waals surface area (Å²) in [6.45, 7) is 3.92. The molecule has 2 saturated heterocycles. The molecule has 2 aliphatic rings. The van der Waals surface area contributed by atoms with Crippen molar-refractivity contribution in [3.63, 3.8) is 0 Å². The molecule has 2 aliphatic heterocycles. The van der Waals surface area contributed by atoms with Crippen LogP contribution in [0.25, 0.3) is 0 Å². The average molecular weight is 318 g/mol. The molecule has 0 bridgehead atoms. The minimum atomic E-state index is 0.173. The number of nitrogens with zero attached hydrogens (tertiary/aromatic N) is 1. The number of hydrogen-bond donors (Lipinski definition) is 1. The molecule has 1 aromatic carbocycles. The SMILES string of the molecule is COc1cccc(C2CCN(C(=O)CC3COCCN3)CC2)c1. The number of amides is 1. The minimum Gasteiger partial charge on any atom is -0.497 e. The Morgan fingerprint density at radius 1 is 1.39 bits per heavy atom. The highest BCUT2D eigenvalue weighted by atomic mass is 16.5. The second-order valence-corrected chi connectivity index (χ2v) is 6.36. The molecule has 23 heavy (non-hydrogen) atoms. The number of benzene rings is 1. The highest BCUT2D eigenvalue weighted by molar-refractivity contribution is 5.77. The lowest BCUT2D eigenvalue weighted by Crippen LogP contribution is -2.46. The summed E-state index contributed by atoms with van der Waals surface area (Å²) in [5.41, 5.74) is 1.32. The molecule has 0 spiro atoms. The van der Waals surface area contributed by atoms with Gasteiger partial charge in [-0.3, -0.25) is 4.79 Å². The van der Waals surface area contributed by atoms with Gasteiger partial charge in [-0.25, -0.2) is 0 Å². The van der Waals surface area contributed by atoms with Gasteiger partial charge >= 0.3 is 0 Å². The number of likely N-dealkylation sites (tertiary alicyclic amines) is 1. The van der Waals surface area contributed by atoms with Crippen LogP contribution in [0.2, 0.25) is 0 Å². The molecule has 1 aromatic rings. The van der Waals surface area contributed by atoms with Gasteiger partial charge in [0.15, 0.2) is 0 Å². The van der Waals surface area contributed by atoms with Crippen LogP contribution in [-0.4, -0.2) is 56.8 Å². The molecule has 0 aromatic heterocycles. The number of carbonyl (C=O) groups is 1. The van der Waals surface area contributed by atoms with Crippen molar-refractivity contribution in [2.45, 2.75) is 31.2 Å². The summed E-state index contributed by atoms with van der Waals surface area (Å²) in [7, 11) is 1.70. The maximum Gasteiger partial charge on any atom is 0.224 e. The summed E-state index contributed by atoms with van der Waals surface area (Å²) < 4.78 is 10.7. The smallest absolute Gasteiger partial charge is 0.224 e. The number of methoxy groups -OCH3 is 1. The van der Waals surface area contributed by atoms with Crippen LogP contribution in [0.4, 0.5) is 0 Å². The van der Waals surface area contributed by atoms with Crippen LogP contribution in [0.1, 0.15) is 30.7 Å². The first kappa shape index (κ1) is 16.3. The third-order valence-corrected chi connectivity index (χ3v) is 4.83. The Morgan fingerprint density at radius 2 is 2.22 bits per heavy atom. The van der Waals surface area contributed by atoms with Crippen LogP contribution in [0, 0.1) is 0 Å². The maximum atomic E-state index is 12.4. The largest absolute Gasteiger partial charge is 0.497 e. The van der Waals surface area contributed by atoms with Crippen molar-refractivity contribution >= 4 is 5.91 Å². The number of hydrogen-bond acceptors (Lipinski definition) is 4. The predicted molar refractivity (Wildman–Crippen MR) is 88.8 cm³/mol. The number of rotatable bonds is 4. The summed E-state index contributed by atoms with van der Waals surface area (Å²) in [6, 6.07) is 8.47. The van der Waals surface area contributed by atoms with E-state index >= 15 is 0 Å². The summed E-state index contributed by atoms with van der Waals surface area (Å²) in [5, 5.41) is 3.35. The van der Waals surface area contributed by atoms with Gasteiger partial charge in [0.05, 0.1) is 20.3 Å². The van der Waals surface area contributed by atoms with E-state index in [1.165, 1.54) is 5.56 Å². The van der Waals surface area contributed by atoms with Crippen LogP contribution >= 0.6 is 0 Å². The Morgan fingerprint density at radius 3 is 2.91 bits per heavy atom. The van der Waals surface area contributed by atoms with Gasteiger partial charge in [-0.05, 0) is 36.5 Å². The molecule has 1 amide bonds. The third kappa shape index (κ3) is 4.24. The van der Waals surface area contributed by atoms with Gasteiger partial charge in [0, 0.05) is 32.1 Å². The van der Waals surface area contributed by atoms with E-state index in [4.69, 9.17) is 9.47 Å². The van der Waals surface area contributed by atoms with E-state index in [-0.39, 0.29) is 11.9 Å². The zero-order valence-electron chi connectivity index (χ0n) is 13.8.